The fourth-order valence-electron chi connectivity index (χ4n) is 1.65. The van der Waals surface area contributed by atoms with Crippen LogP contribution in [-0.2, 0) is 6.42 Å². The number of aromatic nitrogens is 3. The molecule has 2 aromatic rings. The molecule has 2 N–H and O–H groups in total. The molecule has 0 spiro atoms. The van der Waals surface area contributed by atoms with E-state index < -0.39 is 11.6 Å². The van der Waals surface area contributed by atoms with Crippen LogP contribution in [0, 0.1) is 11.6 Å². The smallest absolute Gasteiger partial charge is 0.141 e. The molecule has 0 radical (unpaired) electrons. The van der Waals surface area contributed by atoms with E-state index in [-0.39, 0.29) is 18.0 Å². The number of hydrogen-bond acceptors (Lipinski definition) is 3. The molecule has 1 atom stereocenters. The highest BCUT2D eigenvalue weighted by Crippen LogP contribution is 2.19. The first kappa shape index (κ1) is 11.7. The van der Waals surface area contributed by atoms with E-state index in [1.807, 2.05) is 0 Å². The van der Waals surface area contributed by atoms with Crippen molar-refractivity contribution in [2.24, 2.45) is 0 Å². The number of benzene rings is 1. The maximum Gasteiger partial charge on any atom is 0.141 e. The Kier molecular flexibility index (Phi) is 3.43. The van der Waals surface area contributed by atoms with Gasteiger partial charge in [-0.3, -0.25) is 5.10 Å². The van der Waals surface area contributed by atoms with Gasteiger partial charge in [0.1, 0.15) is 23.8 Å². The summed E-state index contributed by atoms with van der Waals surface area (Å²) < 4.78 is 26.9. The number of likely N-dealkylation sites (N-methyl/N-ethyl adjacent to an activating group) is 1. The van der Waals surface area contributed by atoms with Gasteiger partial charge in [0, 0.05) is 12.0 Å². The van der Waals surface area contributed by atoms with Crippen LogP contribution >= 0.6 is 0 Å². The lowest BCUT2D eigenvalue weighted by molar-refractivity contribution is 0.503. The largest absolute Gasteiger partial charge is 0.310 e. The maximum atomic E-state index is 13.5. The summed E-state index contributed by atoms with van der Waals surface area (Å²) in [6.07, 6.45) is 1.53. The Morgan fingerprint density at radius 2 is 2.06 bits per heavy atom. The molecule has 0 aliphatic rings. The van der Waals surface area contributed by atoms with Crippen LogP contribution in [0.4, 0.5) is 8.78 Å². The molecule has 0 fully saturated rings. The Morgan fingerprint density at radius 1 is 1.35 bits per heavy atom. The average Bonchev–Trinajstić information content (AvgIpc) is 2.82. The Bertz CT molecular complexity index is 464. The minimum atomic E-state index is -0.551. The molecule has 4 nitrogen and oxygen atoms in total. The lowest BCUT2D eigenvalue weighted by atomic mass is 10.0. The van der Waals surface area contributed by atoms with E-state index in [1.165, 1.54) is 24.5 Å². The second-order valence-corrected chi connectivity index (χ2v) is 3.62. The third-order valence-corrected chi connectivity index (χ3v) is 2.58. The quantitative estimate of drug-likeness (QED) is 0.850. The highest BCUT2D eigenvalue weighted by Gasteiger charge is 2.17. The number of hydrogen-bond donors (Lipinski definition) is 2. The molecular weight excluding hydrogens is 226 g/mol. The van der Waals surface area contributed by atoms with Gasteiger partial charge < -0.3 is 5.32 Å². The van der Waals surface area contributed by atoms with Crippen LogP contribution in [0.2, 0.25) is 0 Å². The molecule has 1 unspecified atom stereocenters. The van der Waals surface area contributed by atoms with Gasteiger partial charge in [-0.25, -0.2) is 13.8 Å². The third-order valence-electron chi connectivity index (χ3n) is 2.58. The molecule has 1 heterocycles. The molecule has 0 amide bonds. The molecule has 90 valence electrons. The van der Waals surface area contributed by atoms with E-state index in [4.69, 9.17) is 0 Å². The van der Waals surface area contributed by atoms with Crippen molar-refractivity contribution in [2.45, 2.75) is 12.5 Å². The molecule has 0 bridgehead atoms. The van der Waals surface area contributed by atoms with E-state index in [2.05, 4.69) is 20.5 Å². The van der Waals surface area contributed by atoms with Gasteiger partial charge in [0.05, 0.1) is 6.04 Å². The number of rotatable bonds is 4. The summed E-state index contributed by atoms with van der Waals surface area (Å²) in [7, 11) is 1.70. The minimum Gasteiger partial charge on any atom is -0.310 e. The zero-order valence-electron chi connectivity index (χ0n) is 9.24. The summed E-state index contributed by atoms with van der Waals surface area (Å²) in [5.41, 5.74) is 0.0447. The van der Waals surface area contributed by atoms with E-state index in [0.29, 0.717) is 5.82 Å². The predicted octanol–water partition coefficient (Wildman–Crippen LogP) is 1.59. The van der Waals surface area contributed by atoms with Crippen LogP contribution in [0.1, 0.15) is 17.4 Å². The Morgan fingerprint density at radius 3 is 2.59 bits per heavy atom. The number of aromatic amines is 1. The van der Waals surface area contributed by atoms with Crippen molar-refractivity contribution in [3.8, 4) is 0 Å². The summed E-state index contributed by atoms with van der Waals surface area (Å²) in [4.78, 5) is 3.97. The Hall–Kier alpha value is -1.82. The van der Waals surface area contributed by atoms with Gasteiger partial charge in [-0.15, -0.1) is 0 Å². The highest BCUT2D eigenvalue weighted by molar-refractivity contribution is 5.21. The van der Waals surface area contributed by atoms with Gasteiger partial charge in [0.2, 0.25) is 0 Å². The lowest BCUT2D eigenvalue weighted by Crippen LogP contribution is -2.21. The molecule has 6 heteroatoms. The molecule has 1 aromatic heterocycles. The van der Waals surface area contributed by atoms with E-state index in [9.17, 15) is 8.78 Å². The summed E-state index contributed by atoms with van der Waals surface area (Å²) >= 11 is 0. The summed E-state index contributed by atoms with van der Waals surface area (Å²) in [5, 5.41) is 9.33. The summed E-state index contributed by atoms with van der Waals surface area (Å²) in [5.74, 6) is -0.551. The van der Waals surface area contributed by atoms with Crippen LogP contribution in [0.5, 0.6) is 0 Å². The van der Waals surface area contributed by atoms with E-state index in [0.717, 1.165) is 0 Å². The first-order valence-corrected chi connectivity index (χ1v) is 5.17. The normalized spacial score (nSPS) is 12.6. The highest BCUT2D eigenvalue weighted by atomic mass is 19.1. The van der Waals surface area contributed by atoms with Gasteiger partial charge in [0.15, 0.2) is 0 Å². The van der Waals surface area contributed by atoms with Gasteiger partial charge in [-0.2, -0.15) is 5.10 Å². The van der Waals surface area contributed by atoms with Crippen LogP contribution < -0.4 is 5.32 Å². The van der Waals surface area contributed by atoms with Crippen molar-refractivity contribution in [3.63, 3.8) is 0 Å². The first-order valence-electron chi connectivity index (χ1n) is 5.17. The summed E-state index contributed by atoms with van der Waals surface area (Å²) in [6.45, 7) is 0. The van der Waals surface area contributed by atoms with Crippen LogP contribution in [0.25, 0.3) is 0 Å². The van der Waals surface area contributed by atoms with Crippen molar-refractivity contribution < 1.29 is 8.78 Å². The molecule has 0 aliphatic carbocycles. The molecular formula is C11H12F2N4. The lowest BCUT2D eigenvalue weighted by Gasteiger charge is -2.14. The second-order valence-electron chi connectivity index (χ2n) is 3.62. The summed E-state index contributed by atoms with van der Waals surface area (Å²) in [6, 6.07) is 3.53. The third kappa shape index (κ3) is 2.47. The van der Waals surface area contributed by atoms with Gasteiger partial charge in [0.25, 0.3) is 0 Å². The Balaban J connectivity index is 2.25. The SMILES string of the molecule is CNC(Cc1c(F)cccc1F)c1ncn[nH]1. The van der Waals surface area contributed by atoms with E-state index in [1.54, 1.807) is 7.05 Å². The zero-order chi connectivity index (χ0) is 12.3. The molecule has 2 rings (SSSR count). The van der Waals surface area contributed by atoms with Crippen molar-refractivity contribution in [1.82, 2.24) is 20.5 Å². The minimum absolute atomic E-state index is 0.0447. The molecule has 1 aromatic carbocycles. The van der Waals surface area contributed by atoms with Crippen molar-refractivity contribution in [3.05, 3.63) is 47.5 Å². The van der Waals surface area contributed by atoms with Crippen molar-refractivity contribution in [2.75, 3.05) is 7.05 Å². The standard InChI is InChI=1S/C11H12F2N4/c1-14-10(11-15-6-16-17-11)5-7-8(12)3-2-4-9(7)13/h2-4,6,10,14H,5H2,1H3,(H,15,16,17). The average molecular weight is 238 g/mol. The van der Waals surface area contributed by atoms with E-state index >= 15 is 0 Å². The topological polar surface area (TPSA) is 53.6 Å². The van der Waals surface area contributed by atoms with Gasteiger partial charge in [-0.05, 0) is 19.2 Å². The predicted molar refractivity (Wildman–Crippen MR) is 58.2 cm³/mol. The fraction of sp³-hybridized carbons (Fsp3) is 0.273. The van der Waals surface area contributed by atoms with Crippen LogP contribution in [0.3, 0.4) is 0 Å². The van der Waals surface area contributed by atoms with Gasteiger partial charge >= 0.3 is 0 Å². The van der Waals surface area contributed by atoms with Crippen molar-refractivity contribution >= 4 is 0 Å². The maximum absolute atomic E-state index is 13.5. The van der Waals surface area contributed by atoms with Crippen LogP contribution in [0.15, 0.2) is 24.5 Å². The first-order chi connectivity index (χ1) is 8.22. The number of nitrogens with zero attached hydrogens (tertiary/aromatic N) is 2. The Labute approximate surface area is 97.1 Å². The fourth-order valence-corrected chi connectivity index (χ4v) is 1.65. The molecule has 17 heavy (non-hydrogen) atoms. The van der Waals surface area contributed by atoms with Crippen LogP contribution in [-0.4, -0.2) is 22.2 Å². The number of H-pyrrole nitrogens is 1. The molecule has 0 saturated carbocycles. The molecule has 0 aliphatic heterocycles. The molecule has 0 saturated heterocycles. The number of halogens is 2. The monoisotopic (exact) mass is 238 g/mol. The number of nitrogens with one attached hydrogen (secondary N) is 2. The zero-order valence-corrected chi connectivity index (χ0v) is 9.24. The van der Waals surface area contributed by atoms with Gasteiger partial charge in [-0.1, -0.05) is 6.07 Å². The second kappa shape index (κ2) is 5.01. The van der Waals surface area contributed by atoms with Crippen molar-refractivity contribution in [1.29, 1.82) is 0 Å².